The number of guanidine groups is 1. The number of nitrogens with one attached hydrogen (secondary N) is 2. The fourth-order valence-corrected chi connectivity index (χ4v) is 3.80. The van der Waals surface area contributed by atoms with Gasteiger partial charge in [-0.25, -0.2) is 4.68 Å². The lowest BCUT2D eigenvalue weighted by Crippen LogP contribution is -2.56. The topological polar surface area (TPSA) is 117 Å². The highest BCUT2D eigenvalue weighted by Crippen LogP contribution is 2.21. The molecule has 1 fully saturated rings. The number of nitrogen functional groups attached to an aromatic ring is 1. The van der Waals surface area contributed by atoms with Gasteiger partial charge in [0.15, 0.2) is 5.96 Å². The third-order valence-electron chi connectivity index (χ3n) is 5.77. The summed E-state index contributed by atoms with van der Waals surface area (Å²) in [4.78, 5) is 6.77. The van der Waals surface area contributed by atoms with Crippen molar-refractivity contribution in [3.05, 3.63) is 41.6 Å². The number of para-hydroxylation sites is 1. The minimum Gasteiger partial charge on any atom is -0.382 e. The molecule has 9 nitrogen and oxygen atoms in total. The minimum atomic E-state index is 0. The van der Waals surface area contributed by atoms with E-state index >= 15 is 0 Å². The van der Waals surface area contributed by atoms with Gasteiger partial charge >= 0.3 is 0 Å². The summed E-state index contributed by atoms with van der Waals surface area (Å²) >= 11 is 0. The van der Waals surface area contributed by atoms with Gasteiger partial charge in [0.05, 0.1) is 24.6 Å². The standard InChI is InChI=1S/C23H34N8O.HI/c1-23(2,30-12-14-32-15-13-30)17-28-22(26-3)27-11-7-10-20-19(16-24)21(25)31(29-20)18-8-5-4-6-9-18;/h4-6,8-9H,7,10-15,17,25H2,1-3H3,(H2,26,27,28);1H. The number of anilines is 1. The number of rotatable bonds is 8. The maximum Gasteiger partial charge on any atom is 0.191 e. The van der Waals surface area contributed by atoms with Gasteiger partial charge < -0.3 is 21.1 Å². The number of aryl methyl sites for hydroxylation is 1. The van der Waals surface area contributed by atoms with E-state index in [2.05, 4.69) is 45.5 Å². The van der Waals surface area contributed by atoms with E-state index in [1.165, 1.54) is 0 Å². The van der Waals surface area contributed by atoms with Crippen LogP contribution in [-0.4, -0.2) is 72.6 Å². The van der Waals surface area contributed by atoms with E-state index in [0.717, 1.165) is 50.9 Å². The number of nitrogens with two attached hydrogens (primary N) is 1. The number of morpholine rings is 1. The Bertz CT molecular complexity index is 945. The van der Waals surface area contributed by atoms with Crippen molar-refractivity contribution in [2.24, 2.45) is 4.99 Å². The van der Waals surface area contributed by atoms with Crippen LogP contribution in [0, 0.1) is 11.3 Å². The fourth-order valence-electron chi connectivity index (χ4n) is 3.80. The third kappa shape index (κ3) is 7.06. The Morgan fingerprint density at radius 2 is 1.94 bits per heavy atom. The molecular formula is C23H35IN8O. The molecule has 10 heteroatoms. The molecule has 4 N–H and O–H groups in total. The Morgan fingerprint density at radius 1 is 1.24 bits per heavy atom. The molecule has 2 aromatic rings. The maximum absolute atomic E-state index is 9.56. The second-order valence-corrected chi connectivity index (χ2v) is 8.43. The molecule has 0 radical (unpaired) electrons. The first kappa shape index (κ1) is 26.9. The minimum absolute atomic E-state index is 0. The van der Waals surface area contributed by atoms with E-state index in [-0.39, 0.29) is 29.5 Å². The summed E-state index contributed by atoms with van der Waals surface area (Å²) in [6.07, 6.45) is 1.45. The number of aliphatic imine (C=N–C) groups is 1. The quantitative estimate of drug-likeness (QED) is 0.194. The monoisotopic (exact) mass is 566 g/mol. The van der Waals surface area contributed by atoms with Crippen molar-refractivity contribution in [2.75, 3.05) is 52.2 Å². The first-order valence-electron chi connectivity index (χ1n) is 11.1. The summed E-state index contributed by atoms with van der Waals surface area (Å²) < 4.78 is 7.10. The van der Waals surface area contributed by atoms with Crippen LogP contribution in [0.4, 0.5) is 5.82 Å². The zero-order chi connectivity index (χ0) is 23.0. The van der Waals surface area contributed by atoms with Gasteiger partial charge in [0.1, 0.15) is 17.5 Å². The van der Waals surface area contributed by atoms with Gasteiger partial charge in [-0.05, 0) is 38.8 Å². The van der Waals surface area contributed by atoms with Crippen molar-refractivity contribution in [3.63, 3.8) is 0 Å². The zero-order valence-electron chi connectivity index (χ0n) is 19.7. The summed E-state index contributed by atoms with van der Waals surface area (Å²) in [5.74, 6) is 1.14. The fraction of sp³-hybridized carbons (Fsp3) is 0.522. The molecule has 0 bridgehead atoms. The highest BCUT2D eigenvalue weighted by Gasteiger charge is 2.28. The van der Waals surface area contributed by atoms with Gasteiger partial charge in [-0.1, -0.05) is 18.2 Å². The number of halogens is 1. The van der Waals surface area contributed by atoms with Crippen LogP contribution in [0.15, 0.2) is 35.3 Å². The molecule has 1 aromatic carbocycles. The van der Waals surface area contributed by atoms with Gasteiger partial charge in [0.2, 0.25) is 0 Å². The highest BCUT2D eigenvalue weighted by atomic mass is 127. The summed E-state index contributed by atoms with van der Waals surface area (Å²) in [6.45, 7) is 9.41. The molecule has 2 heterocycles. The van der Waals surface area contributed by atoms with Crippen LogP contribution in [0.5, 0.6) is 0 Å². The van der Waals surface area contributed by atoms with Crippen molar-refractivity contribution in [1.82, 2.24) is 25.3 Å². The number of nitriles is 1. The first-order chi connectivity index (χ1) is 15.5. The van der Waals surface area contributed by atoms with E-state index in [9.17, 15) is 5.26 Å². The molecule has 0 aliphatic carbocycles. The van der Waals surface area contributed by atoms with Crippen LogP contribution in [0.3, 0.4) is 0 Å². The average molecular weight is 566 g/mol. The molecule has 0 atom stereocenters. The first-order valence-corrected chi connectivity index (χ1v) is 11.1. The van der Waals surface area contributed by atoms with E-state index in [1.807, 2.05) is 30.3 Å². The van der Waals surface area contributed by atoms with Crippen molar-refractivity contribution >= 4 is 35.8 Å². The van der Waals surface area contributed by atoms with Crippen LogP contribution >= 0.6 is 24.0 Å². The van der Waals surface area contributed by atoms with E-state index in [4.69, 9.17) is 10.5 Å². The number of hydrogen-bond acceptors (Lipinski definition) is 6. The number of hydrogen-bond donors (Lipinski definition) is 3. The normalized spacial score (nSPS) is 14.9. The lowest BCUT2D eigenvalue weighted by Gasteiger charge is -2.41. The van der Waals surface area contributed by atoms with Gasteiger partial charge in [0, 0.05) is 38.8 Å². The second kappa shape index (κ2) is 12.8. The molecule has 0 amide bonds. The largest absolute Gasteiger partial charge is 0.382 e. The Labute approximate surface area is 213 Å². The predicted octanol–water partition coefficient (Wildman–Crippen LogP) is 2.15. The SMILES string of the molecule is CN=C(NCCCc1nn(-c2ccccc2)c(N)c1C#N)NCC(C)(C)N1CCOCC1.I. The molecule has 1 aliphatic heterocycles. The van der Waals surface area contributed by atoms with Crippen LogP contribution in [0.25, 0.3) is 5.69 Å². The Kier molecular flexibility index (Phi) is 10.4. The molecular weight excluding hydrogens is 531 g/mol. The third-order valence-corrected chi connectivity index (χ3v) is 5.77. The molecule has 3 rings (SSSR count). The predicted molar refractivity (Wildman–Crippen MR) is 142 cm³/mol. The van der Waals surface area contributed by atoms with Crippen LogP contribution in [0.2, 0.25) is 0 Å². The lowest BCUT2D eigenvalue weighted by atomic mass is 10.0. The van der Waals surface area contributed by atoms with Gasteiger partial charge in [-0.3, -0.25) is 9.89 Å². The van der Waals surface area contributed by atoms with E-state index < -0.39 is 0 Å². The van der Waals surface area contributed by atoms with Crippen molar-refractivity contribution in [3.8, 4) is 11.8 Å². The van der Waals surface area contributed by atoms with Crippen molar-refractivity contribution < 1.29 is 4.74 Å². The highest BCUT2D eigenvalue weighted by molar-refractivity contribution is 14.0. The smallest absolute Gasteiger partial charge is 0.191 e. The number of nitrogens with zero attached hydrogens (tertiary/aromatic N) is 5. The Balaban J connectivity index is 0.00000385. The van der Waals surface area contributed by atoms with E-state index in [0.29, 0.717) is 30.0 Å². The van der Waals surface area contributed by atoms with Gasteiger partial charge in [-0.2, -0.15) is 10.4 Å². The molecule has 180 valence electrons. The molecule has 1 saturated heterocycles. The number of ether oxygens (including phenoxy) is 1. The molecule has 1 aliphatic rings. The summed E-state index contributed by atoms with van der Waals surface area (Å²) in [7, 11) is 1.77. The molecule has 33 heavy (non-hydrogen) atoms. The van der Waals surface area contributed by atoms with Gasteiger partial charge in [-0.15, -0.1) is 24.0 Å². The lowest BCUT2D eigenvalue weighted by molar-refractivity contribution is -0.00833. The van der Waals surface area contributed by atoms with Crippen molar-refractivity contribution in [1.29, 1.82) is 5.26 Å². The van der Waals surface area contributed by atoms with Gasteiger partial charge in [0.25, 0.3) is 0 Å². The van der Waals surface area contributed by atoms with Crippen LogP contribution in [-0.2, 0) is 11.2 Å². The Morgan fingerprint density at radius 3 is 2.58 bits per heavy atom. The summed E-state index contributed by atoms with van der Waals surface area (Å²) in [5.41, 5.74) is 8.20. The maximum atomic E-state index is 9.56. The summed E-state index contributed by atoms with van der Waals surface area (Å²) in [6, 6.07) is 11.8. The zero-order valence-corrected chi connectivity index (χ0v) is 22.0. The molecule has 0 spiro atoms. The van der Waals surface area contributed by atoms with Crippen LogP contribution in [0.1, 0.15) is 31.5 Å². The van der Waals surface area contributed by atoms with Crippen LogP contribution < -0.4 is 16.4 Å². The second-order valence-electron chi connectivity index (χ2n) is 8.43. The Hall–Kier alpha value is -2.36. The number of aromatic nitrogens is 2. The van der Waals surface area contributed by atoms with Crippen molar-refractivity contribution in [2.45, 2.75) is 32.2 Å². The molecule has 0 saturated carbocycles. The summed E-state index contributed by atoms with van der Waals surface area (Å²) in [5, 5.41) is 20.9. The number of benzene rings is 1. The molecule has 1 aromatic heterocycles. The van der Waals surface area contributed by atoms with E-state index in [1.54, 1.807) is 11.7 Å². The molecule has 0 unspecified atom stereocenters. The average Bonchev–Trinajstić information content (AvgIpc) is 3.14.